The largest absolute Gasteiger partial charge is 0.350 e. The second kappa shape index (κ2) is 5.83. The molecule has 0 atom stereocenters. The molecule has 0 spiro atoms. The molecule has 1 aromatic carbocycles. The van der Waals surface area contributed by atoms with Gasteiger partial charge in [-0.05, 0) is 24.5 Å². The van der Waals surface area contributed by atoms with Crippen molar-refractivity contribution in [2.24, 2.45) is 0 Å². The molecule has 2 nitrogen and oxygen atoms in total. The van der Waals surface area contributed by atoms with Gasteiger partial charge in [-0.1, -0.05) is 36.4 Å². The molecule has 0 saturated carbocycles. The fourth-order valence-corrected chi connectivity index (χ4v) is 1.83. The standard InChI is InChI=1S/C14H18O2/c1-12(13-7-3-2-4-8-13)6-5-9-14-15-10-11-16-14/h2-4,6-8,14H,5,9-11H2,1H3. The van der Waals surface area contributed by atoms with Crippen LogP contribution >= 0.6 is 0 Å². The second-order valence-corrected chi connectivity index (χ2v) is 4.00. The van der Waals surface area contributed by atoms with Crippen LogP contribution in [0.15, 0.2) is 36.4 Å². The Morgan fingerprint density at radius 3 is 2.62 bits per heavy atom. The van der Waals surface area contributed by atoms with Gasteiger partial charge < -0.3 is 9.47 Å². The predicted molar refractivity (Wildman–Crippen MR) is 65.0 cm³/mol. The fourth-order valence-electron chi connectivity index (χ4n) is 1.83. The maximum atomic E-state index is 5.39. The minimum atomic E-state index is 0.0137. The molecule has 0 aliphatic carbocycles. The van der Waals surface area contributed by atoms with E-state index in [1.54, 1.807) is 0 Å². The molecule has 86 valence electrons. The molecule has 1 fully saturated rings. The molecule has 2 heteroatoms. The van der Waals surface area contributed by atoms with Crippen LogP contribution in [0.5, 0.6) is 0 Å². The Kier molecular flexibility index (Phi) is 4.14. The first kappa shape index (κ1) is 11.4. The topological polar surface area (TPSA) is 18.5 Å². The molecule has 1 aliphatic heterocycles. The smallest absolute Gasteiger partial charge is 0.158 e. The van der Waals surface area contributed by atoms with Crippen LogP contribution in [0.2, 0.25) is 0 Å². The summed E-state index contributed by atoms with van der Waals surface area (Å²) in [5, 5.41) is 0. The van der Waals surface area contributed by atoms with Crippen molar-refractivity contribution >= 4 is 5.57 Å². The quantitative estimate of drug-likeness (QED) is 0.772. The Morgan fingerprint density at radius 1 is 1.25 bits per heavy atom. The molecule has 1 heterocycles. The zero-order chi connectivity index (χ0) is 11.2. The van der Waals surface area contributed by atoms with Gasteiger partial charge in [0.1, 0.15) is 0 Å². The highest BCUT2D eigenvalue weighted by molar-refractivity contribution is 5.63. The molecule has 1 saturated heterocycles. The molecule has 0 amide bonds. The van der Waals surface area contributed by atoms with Gasteiger partial charge in [-0.15, -0.1) is 0 Å². The first-order chi connectivity index (χ1) is 7.86. The van der Waals surface area contributed by atoms with E-state index in [4.69, 9.17) is 9.47 Å². The van der Waals surface area contributed by atoms with Crippen molar-refractivity contribution < 1.29 is 9.47 Å². The highest BCUT2D eigenvalue weighted by atomic mass is 16.7. The van der Waals surface area contributed by atoms with Gasteiger partial charge in [-0.3, -0.25) is 0 Å². The van der Waals surface area contributed by atoms with Crippen molar-refractivity contribution in [3.63, 3.8) is 0 Å². The number of hydrogen-bond donors (Lipinski definition) is 0. The van der Waals surface area contributed by atoms with Gasteiger partial charge in [-0.25, -0.2) is 0 Å². The molecule has 16 heavy (non-hydrogen) atoms. The van der Waals surface area contributed by atoms with Crippen LogP contribution < -0.4 is 0 Å². The Bertz CT molecular complexity index is 337. The molecular weight excluding hydrogens is 200 g/mol. The van der Waals surface area contributed by atoms with E-state index in [0.29, 0.717) is 0 Å². The number of ether oxygens (including phenoxy) is 2. The lowest BCUT2D eigenvalue weighted by atomic mass is 10.1. The van der Waals surface area contributed by atoms with Gasteiger partial charge in [0.2, 0.25) is 0 Å². The third kappa shape index (κ3) is 3.19. The monoisotopic (exact) mass is 218 g/mol. The lowest BCUT2D eigenvalue weighted by Gasteiger charge is -2.07. The Balaban J connectivity index is 1.82. The average molecular weight is 218 g/mol. The van der Waals surface area contributed by atoms with Gasteiger partial charge in [0.25, 0.3) is 0 Å². The molecule has 0 aromatic heterocycles. The number of rotatable bonds is 4. The summed E-state index contributed by atoms with van der Waals surface area (Å²) in [7, 11) is 0. The lowest BCUT2D eigenvalue weighted by molar-refractivity contribution is -0.0457. The summed E-state index contributed by atoms with van der Waals surface area (Å²) >= 11 is 0. The van der Waals surface area contributed by atoms with E-state index in [-0.39, 0.29) is 6.29 Å². The van der Waals surface area contributed by atoms with E-state index in [9.17, 15) is 0 Å². The van der Waals surface area contributed by atoms with Gasteiger partial charge in [0, 0.05) is 6.42 Å². The fraction of sp³-hybridized carbons (Fsp3) is 0.429. The van der Waals surface area contributed by atoms with Crippen LogP contribution in [0.1, 0.15) is 25.3 Å². The van der Waals surface area contributed by atoms with E-state index in [1.165, 1.54) is 11.1 Å². The van der Waals surface area contributed by atoms with Crippen molar-refractivity contribution in [1.29, 1.82) is 0 Å². The molecule has 1 aliphatic rings. The van der Waals surface area contributed by atoms with Gasteiger partial charge in [-0.2, -0.15) is 0 Å². The molecule has 0 radical (unpaired) electrons. The van der Waals surface area contributed by atoms with Crippen LogP contribution in [0.4, 0.5) is 0 Å². The summed E-state index contributed by atoms with van der Waals surface area (Å²) in [6.07, 6.45) is 4.22. The first-order valence-electron chi connectivity index (χ1n) is 5.81. The zero-order valence-electron chi connectivity index (χ0n) is 9.69. The summed E-state index contributed by atoms with van der Waals surface area (Å²) in [6, 6.07) is 10.4. The van der Waals surface area contributed by atoms with Gasteiger partial charge in [0.05, 0.1) is 13.2 Å². The maximum Gasteiger partial charge on any atom is 0.158 e. The van der Waals surface area contributed by atoms with E-state index in [0.717, 1.165) is 26.1 Å². The van der Waals surface area contributed by atoms with Crippen LogP contribution in [-0.4, -0.2) is 19.5 Å². The number of allylic oxidation sites excluding steroid dienone is 2. The van der Waals surface area contributed by atoms with Crippen LogP contribution in [0.25, 0.3) is 5.57 Å². The number of benzene rings is 1. The predicted octanol–water partition coefficient (Wildman–Crippen LogP) is 3.24. The van der Waals surface area contributed by atoms with E-state index in [2.05, 4.69) is 37.3 Å². The SMILES string of the molecule is CC(=CCCC1OCCO1)c1ccccc1. The molecule has 1 aromatic rings. The summed E-state index contributed by atoms with van der Waals surface area (Å²) in [5.74, 6) is 0. The molecule has 2 rings (SSSR count). The van der Waals surface area contributed by atoms with E-state index in [1.807, 2.05) is 6.07 Å². The van der Waals surface area contributed by atoms with E-state index >= 15 is 0 Å². The number of hydrogen-bond acceptors (Lipinski definition) is 2. The van der Waals surface area contributed by atoms with Crippen LogP contribution in [0, 0.1) is 0 Å². The summed E-state index contributed by atoms with van der Waals surface area (Å²) in [6.45, 7) is 3.63. The molecule has 0 bridgehead atoms. The van der Waals surface area contributed by atoms with Gasteiger partial charge in [0.15, 0.2) is 6.29 Å². The third-order valence-corrected chi connectivity index (χ3v) is 2.77. The highest BCUT2D eigenvalue weighted by Gasteiger charge is 2.14. The summed E-state index contributed by atoms with van der Waals surface area (Å²) < 4.78 is 10.8. The third-order valence-electron chi connectivity index (χ3n) is 2.77. The minimum absolute atomic E-state index is 0.0137. The highest BCUT2D eigenvalue weighted by Crippen LogP contribution is 2.16. The summed E-state index contributed by atoms with van der Waals surface area (Å²) in [4.78, 5) is 0. The molecule has 0 N–H and O–H groups in total. The van der Waals surface area contributed by atoms with Crippen molar-refractivity contribution in [1.82, 2.24) is 0 Å². The maximum absolute atomic E-state index is 5.39. The van der Waals surface area contributed by atoms with Crippen molar-refractivity contribution in [3.05, 3.63) is 42.0 Å². The lowest BCUT2D eigenvalue weighted by Crippen LogP contribution is -2.05. The average Bonchev–Trinajstić information content (AvgIpc) is 2.83. The van der Waals surface area contributed by atoms with Crippen LogP contribution in [0.3, 0.4) is 0 Å². The zero-order valence-corrected chi connectivity index (χ0v) is 9.69. The normalized spacial score (nSPS) is 17.9. The van der Waals surface area contributed by atoms with Crippen molar-refractivity contribution in [2.75, 3.05) is 13.2 Å². The van der Waals surface area contributed by atoms with Crippen molar-refractivity contribution in [3.8, 4) is 0 Å². The van der Waals surface area contributed by atoms with Crippen LogP contribution in [-0.2, 0) is 9.47 Å². The summed E-state index contributed by atoms with van der Waals surface area (Å²) in [5.41, 5.74) is 2.61. The minimum Gasteiger partial charge on any atom is -0.350 e. The van der Waals surface area contributed by atoms with Crippen molar-refractivity contribution in [2.45, 2.75) is 26.1 Å². The second-order valence-electron chi connectivity index (χ2n) is 4.00. The van der Waals surface area contributed by atoms with E-state index < -0.39 is 0 Å². The molecular formula is C14H18O2. The Hall–Kier alpha value is -1.12. The Morgan fingerprint density at radius 2 is 1.94 bits per heavy atom. The Labute approximate surface area is 96.9 Å². The molecule has 0 unspecified atom stereocenters. The van der Waals surface area contributed by atoms with Gasteiger partial charge >= 0.3 is 0 Å². The first-order valence-corrected chi connectivity index (χ1v) is 5.81.